The Morgan fingerprint density at radius 3 is 3.00 bits per heavy atom. The molecule has 1 saturated heterocycles. The second-order valence-corrected chi connectivity index (χ2v) is 5.07. The van der Waals surface area contributed by atoms with Crippen LogP contribution in [0.15, 0.2) is 10.7 Å². The molecule has 2 aliphatic rings. The highest BCUT2D eigenvalue weighted by molar-refractivity contribution is 5.90. The van der Waals surface area contributed by atoms with Crippen LogP contribution in [0.2, 0.25) is 0 Å². The van der Waals surface area contributed by atoms with Crippen molar-refractivity contribution in [3.8, 4) is 11.6 Å². The van der Waals surface area contributed by atoms with Crippen LogP contribution >= 0.6 is 0 Å². The van der Waals surface area contributed by atoms with Gasteiger partial charge in [0.05, 0.1) is 12.2 Å². The highest BCUT2D eigenvalue weighted by atomic mass is 16.5. The van der Waals surface area contributed by atoms with Gasteiger partial charge in [-0.25, -0.2) is 4.68 Å². The molecule has 2 aromatic rings. The van der Waals surface area contributed by atoms with E-state index in [-0.39, 0.29) is 23.7 Å². The van der Waals surface area contributed by atoms with Crippen molar-refractivity contribution in [1.82, 2.24) is 35.8 Å². The molecule has 0 spiro atoms. The molecular weight excluding hydrogens is 262 g/mol. The Bertz CT molecular complexity index is 641. The number of carbonyl (C=O) groups excluding carboxylic acids is 1. The second kappa shape index (κ2) is 4.37. The topological polar surface area (TPSA) is 111 Å². The first kappa shape index (κ1) is 11.5. The Hall–Kier alpha value is -2.29. The maximum atomic E-state index is 11.8. The van der Waals surface area contributed by atoms with Gasteiger partial charge in [0.25, 0.3) is 17.6 Å². The van der Waals surface area contributed by atoms with Crippen LogP contribution in [0.5, 0.6) is 0 Å². The lowest BCUT2D eigenvalue weighted by Crippen LogP contribution is -2.43. The predicted octanol–water partition coefficient (Wildman–Crippen LogP) is -0.635. The SMILES string of the molecule is O=C(NC1CC1)c1noc(-c2cn(C3CNC3)nn2)n1. The molecule has 9 nitrogen and oxygen atoms in total. The highest BCUT2D eigenvalue weighted by Crippen LogP contribution is 2.20. The van der Waals surface area contributed by atoms with E-state index in [9.17, 15) is 4.79 Å². The summed E-state index contributed by atoms with van der Waals surface area (Å²) in [6.07, 6.45) is 3.78. The zero-order valence-corrected chi connectivity index (χ0v) is 10.6. The molecule has 2 N–H and O–H groups in total. The molecule has 1 amide bonds. The largest absolute Gasteiger partial charge is 0.346 e. The van der Waals surface area contributed by atoms with Gasteiger partial charge in [-0.15, -0.1) is 5.10 Å². The van der Waals surface area contributed by atoms with Gasteiger partial charge in [0.15, 0.2) is 5.69 Å². The van der Waals surface area contributed by atoms with E-state index >= 15 is 0 Å². The lowest BCUT2D eigenvalue weighted by atomic mass is 10.2. The van der Waals surface area contributed by atoms with E-state index in [1.165, 1.54) is 0 Å². The minimum absolute atomic E-state index is 0.0340. The van der Waals surface area contributed by atoms with E-state index in [2.05, 4.69) is 31.1 Å². The van der Waals surface area contributed by atoms with Crippen LogP contribution in [-0.4, -0.2) is 50.2 Å². The molecule has 0 bridgehead atoms. The summed E-state index contributed by atoms with van der Waals surface area (Å²) < 4.78 is 6.83. The average molecular weight is 275 g/mol. The Labute approximate surface area is 113 Å². The smallest absolute Gasteiger partial charge is 0.292 e. The molecule has 1 saturated carbocycles. The molecule has 0 radical (unpaired) electrons. The van der Waals surface area contributed by atoms with Gasteiger partial charge in [-0.2, -0.15) is 4.98 Å². The third-order valence-corrected chi connectivity index (χ3v) is 3.41. The fourth-order valence-electron chi connectivity index (χ4n) is 1.91. The minimum Gasteiger partial charge on any atom is -0.346 e. The van der Waals surface area contributed by atoms with Crippen molar-refractivity contribution in [1.29, 1.82) is 0 Å². The molecule has 1 aliphatic heterocycles. The summed E-state index contributed by atoms with van der Waals surface area (Å²) in [6.45, 7) is 1.75. The predicted molar refractivity (Wildman–Crippen MR) is 65.7 cm³/mol. The van der Waals surface area contributed by atoms with Gasteiger partial charge >= 0.3 is 0 Å². The van der Waals surface area contributed by atoms with Crippen molar-refractivity contribution in [2.75, 3.05) is 13.1 Å². The quantitative estimate of drug-likeness (QED) is 0.763. The summed E-state index contributed by atoms with van der Waals surface area (Å²) in [4.78, 5) is 15.8. The van der Waals surface area contributed by atoms with Gasteiger partial charge in [-0.05, 0) is 12.8 Å². The molecule has 2 fully saturated rings. The molecule has 20 heavy (non-hydrogen) atoms. The monoisotopic (exact) mass is 275 g/mol. The third kappa shape index (κ3) is 2.05. The maximum absolute atomic E-state index is 11.8. The van der Waals surface area contributed by atoms with Crippen LogP contribution in [0.25, 0.3) is 11.6 Å². The van der Waals surface area contributed by atoms with Gasteiger partial charge in [0.1, 0.15) is 0 Å². The minimum atomic E-state index is -0.307. The summed E-state index contributed by atoms with van der Waals surface area (Å²) >= 11 is 0. The van der Waals surface area contributed by atoms with Gasteiger partial charge in [0, 0.05) is 19.1 Å². The molecule has 3 heterocycles. The van der Waals surface area contributed by atoms with Gasteiger partial charge in [-0.1, -0.05) is 10.4 Å². The summed E-state index contributed by atoms with van der Waals surface area (Å²) in [6, 6.07) is 0.577. The number of hydrogen-bond donors (Lipinski definition) is 2. The van der Waals surface area contributed by atoms with E-state index in [4.69, 9.17) is 4.52 Å². The number of nitrogens with one attached hydrogen (secondary N) is 2. The normalized spacial score (nSPS) is 18.8. The van der Waals surface area contributed by atoms with Gasteiger partial charge in [0.2, 0.25) is 0 Å². The van der Waals surface area contributed by atoms with E-state index in [1.54, 1.807) is 10.9 Å². The molecular formula is C11H13N7O2. The molecule has 1 aliphatic carbocycles. The lowest BCUT2D eigenvalue weighted by Gasteiger charge is -2.26. The van der Waals surface area contributed by atoms with Crippen LogP contribution in [0.1, 0.15) is 29.5 Å². The second-order valence-electron chi connectivity index (χ2n) is 5.07. The van der Waals surface area contributed by atoms with Crippen LogP contribution in [0, 0.1) is 0 Å². The Kier molecular flexibility index (Phi) is 2.52. The average Bonchev–Trinajstić information content (AvgIpc) is 2.91. The molecule has 0 aromatic carbocycles. The number of hydrogen-bond acceptors (Lipinski definition) is 7. The van der Waals surface area contributed by atoms with E-state index in [1.807, 2.05) is 0 Å². The van der Waals surface area contributed by atoms with E-state index in [0.717, 1.165) is 25.9 Å². The number of rotatable bonds is 4. The number of amides is 1. The van der Waals surface area contributed by atoms with Crippen LogP contribution < -0.4 is 10.6 Å². The zero-order valence-electron chi connectivity index (χ0n) is 10.6. The van der Waals surface area contributed by atoms with E-state index in [0.29, 0.717) is 11.7 Å². The maximum Gasteiger partial charge on any atom is 0.292 e. The van der Waals surface area contributed by atoms with Gasteiger partial charge < -0.3 is 15.2 Å². The van der Waals surface area contributed by atoms with Crippen LogP contribution in [0.3, 0.4) is 0 Å². The first-order valence-corrected chi connectivity index (χ1v) is 6.57. The zero-order chi connectivity index (χ0) is 13.5. The molecule has 0 atom stereocenters. The van der Waals surface area contributed by atoms with E-state index < -0.39 is 0 Å². The Morgan fingerprint density at radius 1 is 1.45 bits per heavy atom. The third-order valence-electron chi connectivity index (χ3n) is 3.41. The standard InChI is InChI=1S/C11H13N7O2/c19-10(13-6-1-2-6)9-14-11(20-16-9)8-5-18(17-15-8)7-3-12-4-7/h5-7,12H,1-4H2,(H,13,19). The van der Waals surface area contributed by atoms with Crippen molar-refractivity contribution >= 4 is 5.91 Å². The first-order chi connectivity index (χ1) is 9.79. The summed E-state index contributed by atoms with van der Waals surface area (Å²) in [5.74, 6) is -0.0608. The summed E-state index contributed by atoms with van der Waals surface area (Å²) in [5.41, 5.74) is 0.481. The van der Waals surface area contributed by atoms with Crippen LogP contribution in [-0.2, 0) is 0 Å². The lowest BCUT2D eigenvalue weighted by molar-refractivity contribution is 0.0937. The molecule has 9 heteroatoms. The van der Waals surface area contributed by atoms with Gasteiger partial charge in [-0.3, -0.25) is 4.79 Å². The number of carbonyl (C=O) groups is 1. The first-order valence-electron chi connectivity index (χ1n) is 6.57. The van der Waals surface area contributed by atoms with Crippen molar-refractivity contribution in [2.24, 2.45) is 0 Å². The Balaban J connectivity index is 1.51. The van der Waals surface area contributed by atoms with Crippen molar-refractivity contribution in [3.05, 3.63) is 12.0 Å². The van der Waals surface area contributed by atoms with Crippen LogP contribution in [0.4, 0.5) is 0 Å². The fourth-order valence-corrected chi connectivity index (χ4v) is 1.91. The molecule has 104 valence electrons. The fraction of sp³-hybridized carbons (Fsp3) is 0.545. The van der Waals surface area contributed by atoms with Crippen molar-refractivity contribution < 1.29 is 9.32 Å². The summed E-state index contributed by atoms with van der Waals surface area (Å²) in [7, 11) is 0. The number of nitrogens with zero attached hydrogens (tertiary/aromatic N) is 5. The number of aromatic nitrogens is 5. The highest BCUT2D eigenvalue weighted by Gasteiger charge is 2.27. The molecule has 0 unspecified atom stereocenters. The summed E-state index contributed by atoms with van der Waals surface area (Å²) in [5, 5.41) is 17.7. The Morgan fingerprint density at radius 2 is 2.30 bits per heavy atom. The molecule has 4 rings (SSSR count). The molecule has 2 aromatic heterocycles. The van der Waals surface area contributed by atoms with Crippen molar-refractivity contribution in [3.63, 3.8) is 0 Å². The van der Waals surface area contributed by atoms with Crippen molar-refractivity contribution in [2.45, 2.75) is 24.9 Å².